The molecule has 2 aliphatic heterocycles. The first-order valence-electron chi connectivity index (χ1n) is 12.7. The van der Waals surface area contributed by atoms with Crippen LogP contribution in [-0.2, 0) is 17.1 Å². The second-order valence-corrected chi connectivity index (χ2v) is 10.3. The van der Waals surface area contributed by atoms with E-state index < -0.39 is 34.1 Å². The number of anilines is 2. The Hall–Kier alpha value is -3.13. The summed E-state index contributed by atoms with van der Waals surface area (Å²) in [5.41, 5.74) is -2.04. The molecule has 0 atom stereocenters. The third kappa shape index (κ3) is 7.53. The Morgan fingerprint density at radius 1 is 0.950 bits per heavy atom. The van der Waals surface area contributed by atoms with Crippen LogP contribution in [0.15, 0.2) is 42.5 Å². The number of likely N-dealkylation sites (tertiary alicyclic amines) is 1. The first-order valence-corrected chi connectivity index (χ1v) is 13.2. The van der Waals surface area contributed by atoms with Crippen LogP contribution in [0.1, 0.15) is 36.8 Å². The fourth-order valence-corrected chi connectivity index (χ4v) is 5.19. The van der Waals surface area contributed by atoms with Crippen LogP contribution in [0.4, 0.5) is 43.4 Å². The normalized spacial score (nSPS) is 17.6. The number of nitro groups is 1. The number of rotatable bonds is 7. The Morgan fingerprint density at radius 3 is 2.12 bits per heavy atom. The van der Waals surface area contributed by atoms with Gasteiger partial charge in [0.2, 0.25) is 0 Å². The monoisotopic (exact) mass is 590 g/mol. The molecule has 218 valence electrons. The van der Waals surface area contributed by atoms with Gasteiger partial charge in [-0.1, -0.05) is 12.2 Å². The fourth-order valence-electron chi connectivity index (χ4n) is 4.94. The van der Waals surface area contributed by atoms with Crippen LogP contribution in [0.25, 0.3) is 0 Å². The van der Waals surface area contributed by atoms with Gasteiger partial charge in [0.1, 0.15) is 10.6 Å². The molecule has 1 N–H and O–H groups in total. The number of hydrogen-bond donors (Lipinski definition) is 1. The van der Waals surface area contributed by atoms with Crippen molar-refractivity contribution in [3.8, 4) is 0 Å². The molecule has 2 fully saturated rings. The topological polar surface area (TPSA) is 70.9 Å². The number of halogens is 6. The highest BCUT2D eigenvalue weighted by atomic mass is 32.1. The van der Waals surface area contributed by atoms with Gasteiger partial charge in [0.05, 0.1) is 23.2 Å². The van der Waals surface area contributed by atoms with Crippen molar-refractivity contribution < 1.29 is 36.0 Å². The maximum atomic E-state index is 13.3. The predicted molar refractivity (Wildman–Crippen MR) is 142 cm³/mol. The average molecular weight is 591 g/mol. The van der Waals surface area contributed by atoms with Gasteiger partial charge in [-0.2, -0.15) is 26.3 Å². The van der Waals surface area contributed by atoms with E-state index in [4.69, 9.17) is 17.0 Å². The largest absolute Gasteiger partial charge is 0.423 e. The third-order valence-corrected chi connectivity index (χ3v) is 7.54. The zero-order valence-electron chi connectivity index (χ0n) is 21.3. The minimum atomic E-state index is -4.84. The second kappa shape index (κ2) is 12.2. The van der Waals surface area contributed by atoms with E-state index in [1.54, 1.807) is 0 Å². The lowest BCUT2D eigenvalue weighted by atomic mass is 10.0. The number of nitrogens with zero attached hydrogens (tertiary/aromatic N) is 3. The third-order valence-electron chi connectivity index (χ3n) is 7.16. The van der Waals surface area contributed by atoms with Crippen LogP contribution in [0, 0.1) is 10.1 Å². The van der Waals surface area contributed by atoms with E-state index in [0.717, 1.165) is 30.0 Å². The minimum absolute atomic E-state index is 0.0205. The van der Waals surface area contributed by atoms with Gasteiger partial charge in [0, 0.05) is 49.7 Å². The van der Waals surface area contributed by atoms with Crippen LogP contribution in [0.3, 0.4) is 0 Å². The smallest absolute Gasteiger partial charge is 0.382 e. The number of thiocarbonyl (C=S) groups is 1. The standard InChI is InChI=1S/C26H28F6N4O3S/c27-25(28,29)17-1-4-20(5-2-17)34-13-9-21(10-14-34)39-16-24(40)35-11-7-18(8-12-35)33-19-3-6-23(36(37)38)22(15-19)26(30,31)32/h1-6,15,18,21,33H,7-14,16H2. The molecule has 0 spiro atoms. The van der Waals surface area contributed by atoms with Gasteiger partial charge in [0.15, 0.2) is 0 Å². The molecular weight excluding hydrogens is 562 g/mol. The summed E-state index contributed by atoms with van der Waals surface area (Å²) in [5, 5.41) is 14.0. The lowest BCUT2D eigenvalue weighted by molar-refractivity contribution is -0.388. The van der Waals surface area contributed by atoms with Crippen LogP contribution >= 0.6 is 12.2 Å². The van der Waals surface area contributed by atoms with Gasteiger partial charge in [-0.15, -0.1) is 0 Å². The molecule has 4 rings (SSSR count). The summed E-state index contributed by atoms with van der Waals surface area (Å²) >= 11 is 5.54. The fraction of sp³-hybridized carbons (Fsp3) is 0.500. The van der Waals surface area contributed by atoms with Crippen LogP contribution in [0.5, 0.6) is 0 Å². The highest BCUT2D eigenvalue weighted by Gasteiger charge is 2.38. The van der Waals surface area contributed by atoms with E-state index in [-0.39, 0.29) is 24.4 Å². The second-order valence-electron chi connectivity index (χ2n) is 9.83. The predicted octanol–water partition coefficient (Wildman–Crippen LogP) is 6.52. The van der Waals surface area contributed by atoms with Crippen molar-refractivity contribution >= 4 is 34.3 Å². The van der Waals surface area contributed by atoms with E-state index in [0.29, 0.717) is 56.9 Å². The van der Waals surface area contributed by atoms with Crippen molar-refractivity contribution in [3.05, 3.63) is 63.7 Å². The molecule has 0 saturated carbocycles. The molecule has 0 aliphatic carbocycles. The van der Waals surface area contributed by atoms with E-state index in [1.165, 1.54) is 18.2 Å². The van der Waals surface area contributed by atoms with Gasteiger partial charge >= 0.3 is 12.4 Å². The summed E-state index contributed by atoms with van der Waals surface area (Å²) < 4.78 is 84.1. The summed E-state index contributed by atoms with van der Waals surface area (Å²) in [6.07, 6.45) is -6.57. The minimum Gasteiger partial charge on any atom is -0.382 e. The van der Waals surface area contributed by atoms with Crippen molar-refractivity contribution in [2.75, 3.05) is 43.0 Å². The summed E-state index contributed by atoms with van der Waals surface area (Å²) in [4.78, 5) is 14.6. The van der Waals surface area contributed by atoms with Crippen LogP contribution in [0.2, 0.25) is 0 Å². The summed E-state index contributed by atoms with van der Waals surface area (Å²) in [6.45, 7) is 2.74. The average Bonchev–Trinajstić information content (AvgIpc) is 2.91. The number of ether oxygens (including phenoxy) is 1. The van der Waals surface area contributed by atoms with Gasteiger partial charge in [-0.3, -0.25) is 10.1 Å². The van der Waals surface area contributed by atoms with E-state index >= 15 is 0 Å². The maximum absolute atomic E-state index is 13.3. The Labute approximate surface area is 232 Å². The molecule has 2 saturated heterocycles. The van der Waals surface area contributed by atoms with E-state index in [2.05, 4.69) is 5.32 Å². The molecule has 2 aromatic carbocycles. The zero-order chi connectivity index (χ0) is 29.1. The van der Waals surface area contributed by atoms with E-state index in [9.17, 15) is 36.5 Å². The lowest BCUT2D eigenvalue weighted by Gasteiger charge is -2.36. The highest BCUT2D eigenvalue weighted by Crippen LogP contribution is 2.38. The Morgan fingerprint density at radius 2 is 1.57 bits per heavy atom. The zero-order valence-corrected chi connectivity index (χ0v) is 22.1. The SMILES string of the molecule is O=[N+]([O-])c1ccc(NC2CCN(C(=S)COC3CCN(c4ccc(C(F)(F)F)cc4)CC3)CC2)cc1C(F)(F)F. The van der Waals surface area contributed by atoms with Crippen molar-refractivity contribution in [1.29, 1.82) is 0 Å². The van der Waals surface area contributed by atoms with Crippen molar-refractivity contribution in [2.24, 2.45) is 0 Å². The van der Waals surface area contributed by atoms with Gasteiger partial charge in [-0.25, -0.2) is 0 Å². The van der Waals surface area contributed by atoms with Crippen molar-refractivity contribution in [3.63, 3.8) is 0 Å². The molecule has 14 heteroatoms. The Balaban J connectivity index is 1.19. The van der Waals surface area contributed by atoms with Crippen LogP contribution in [-0.4, -0.2) is 59.7 Å². The first kappa shape index (κ1) is 29.8. The van der Waals surface area contributed by atoms with Crippen molar-refractivity contribution in [2.45, 2.75) is 50.2 Å². The number of nitrogens with one attached hydrogen (secondary N) is 1. The summed E-state index contributed by atoms with van der Waals surface area (Å²) in [6, 6.07) is 7.93. The summed E-state index contributed by atoms with van der Waals surface area (Å²) in [5.74, 6) is 0. The number of alkyl halides is 6. The Bertz CT molecular complexity index is 1190. The number of piperidine rings is 2. The number of hydrogen-bond acceptors (Lipinski definition) is 6. The summed E-state index contributed by atoms with van der Waals surface area (Å²) in [7, 11) is 0. The first-order chi connectivity index (χ1) is 18.8. The van der Waals surface area contributed by atoms with Gasteiger partial charge < -0.3 is 19.9 Å². The van der Waals surface area contributed by atoms with E-state index in [1.807, 2.05) is 9.80 Å². The Kier molecular flexibility index (Phi) is 9.08. The molecule has 0 amide bonds. The maximum Gasteiger partial charge on any atom is 0.423 e. The van der Waals surface area contributed by atoms with Crippen LogP contribution < -0.4 is 10.2 Å². The number of nitro benzene ring substituents is 1. The molecule has 40 heavy (non-hydrogen) atoms. The molecule has 0 unspecified atom stereocenters. The lowest BCUT2D eigenvalue weighted by Crippen LogP contribution is -2.44. The molecule has 0 radical (unpaired) electrons. The molecule has 2 aliphatic rings. The number of benzene rings is 2. The molecule has 7 nitrogen and oxygen atoms in total. The quantitative estimate of drug-likeness (QED) is 0.170. The molecule has 2 aromatic rings. The molecular formula is C26H28F6N4O3S. The highest BCUT2D eigenvalue weighted by molar-refractivity contribution is 7.80. The molecule has 2 heterocycles. The van der Waals surface area contributed by atoms with Gasteiger partial charge in [-0.05, 0) is 62.1 Å². The van der Waals surface area contributed by atoms with Crippen molar-refractivity contribution in [1.82, 2.24) is 4.90 Å². The molecule has 0 bridgehead atoms. The van der Waals surface area contributed by atoms with Gasteiger partial charge in [0.25, 0.3) is 5.69 Å². The molecule has 0 aromatic heterocycles.